The van der Waals surface area contributed by atoms with Gasteiger partial charge in [-0.2, -0.15) is 5.10 Å². The zero-order valence-electron chi connectivity index (χ0n) is 14.3. The van der Waals surface area contributed by atoms with Crippen molar-refractivity contribution in [1.82, 2.24) is 14.8 Å². The third-order valence-electron chi connectivity index (χ3n) is 4.65. The van der Waals surface area contributed by atoms with Crippen LogP contribution in [0.3, 0.4) is 0 Å². The summed E-state index contributed by atoms with van der Waals surface area (Å²) in [6, 6.07) is 5.15. The second-order valence-corrected chi connectivity index (χ2v) is 6.90. The number of halogens is 1. The lowest BCUT2D eigenvalue weighted by Gasteiger charge is -2.32. The average Bonchev–Trinajstić information content (AvgIpc) is 2.86. The standard InChI is InChI=1S/C16H21BFN3O2/c1-10-19-14(21(6)20-10)11-8-7-9-12(13(11)18)17-22-15(2,3)16(4,5)23-17/h7-9H,1-6H3. The van der Waals surface area contributed by atoms with Gasteiger partial charge in [0.15, 0.2) is 5.82 Å². The molecule has 1 aromatic heterocycles. The maximum absolute atomic E-state index is 15.1. The lowest BCUT2D eigenvalue weighted by atomic mass is 9.77. The van der Waals surface area contributed by atoms with Crippen molar-refractivity contribution in [3.63, 3.8) is 0 Å². The zero-order valence-corrected chi connectivity index (χ0v) is 14.3. The van der Waals surface area contributed by atoms with Crippen molar-refractivity contribution in [2.24, 2.45) is 7.05 Å². The molecule has 0 atom stereocenters. The van der Waals surface area contributed by atoms with Gasteiger partial charge < -0.3 is 9.31 Å². The Labute approximate surface area is 136 Å². The molecule has 3 rings (SSSR count). The average molecular weight is 317 g/mol. The minimum absolute atomic E-state index is 0.377. The first kappa shape index (κ1) is 16.1. The molecule has 0 radical (unpaired) electrons. The fraction of sp³-hybridized carbons (Fsp3) is 0.500. The van der Waals surface area contributed by atoms with Gasteiger partial charge in [0, 0.05) is 12.5 Å². The highest BCUT2D eigenvalue weighted by atomic mass is 19.1. The molecule has 1 aliphatic heterocycles. The Kier molecular flexibility index (Phi) is 3.61. The summed E-state index contributed by atoms with van der Waals surface area (Å²) >= 11 is 0. The summed E-state index contributed by atoms with van der Waals surface area (Å²) < 4.78 is 28.5. The van der Waals surface area contributed by atoms with E-state index in [0.29, 0.717) is 22.7 Å². The van der Waals surface area contributed by atoms with Crippen molar-refractivity contribution in [2.45, 2.75) is 45.8 Å². The SMILES string of the molecule is Cc1nc(-c2cccc(B3OC(C)(C)C(C)(C)O3)c2F)n(C)n1. The molecule has 7 heteroatoms. The molecular weight excluding hydrogens is 296 g/mol. The van der Waals surface area contributed by atoms with E-state index < -0.39 is 18.3 Å². The highest BCUT2D eigenvalue weighted by Crippen LogP contribution is 2.37. The van der Waals surface area contributed by atoms with E-state index in [1.807, 2.05) is 27.7 Å². The Balaban J connectivity index is 2.04. The molecule has 1 aliphatic rings. The molecule has 2 aromatic rings. The molecule has 1 saturated heterocycles. The van der Waals surface area contributed by atoms with E-state index in [0.717, 1.165) is 0 Å². The molecule has 0 N–H and O–H groups in total. The summed E-state index contributed by atoms with van der Waals surface area (Å²) in [5.41, 5.74) is -0.259. The van der Waals surface area contributed by atoms with Gasteiger partial charge in [0.1, 0.15) is 11.6 Å². The van der Waals surface area contributed by atoms with Crippen molar-refractivity contribution in [3.8, 4) is 11.4 Å². The number of hydrogen-bond donors (Lipinski definition) is 0. The summed E-state index contributed by atoms with van der Waals surface area (Å²) in [5, 5.41) is 4.18. The number of aryl methyl sites for hydroxylation is 2. The third-order valence-corrected chi connectivity index (χ3v) is 4.65. The molecule has 2 heterocycles. The Hall–Kier alpha value is -1.73. The normalized spacial score (nSPS) is 19.3. The van der Waals surface area contributed by atoms with E-state index in [1.165, 1.54) is 0 Å². The van der Waals surface area contributed by atoms with E-state index in [9.17, 15) is 0 Å². The fourth-order valence-corrected chi connectivity index (χ4v) is 2.62. The van der Waals surface area contributed by atoms with Crippen LogP contribution in [-0.4, -0.2) is 33.1 Å². The predicted octanol–water partition coefficient (Wildman–Crippen LogP) is 2.23. The van der Waals surface area contributed by atoms with Gasteiger partial charge in [-0.3, -0.25) is 0 Å². The Morgan fingerprint density at radius 3 is 2.26 bits per heavy atom. The molecule has 122 valence electrons. The minimum atomic E-state index is -0.741. The van der Waals surface area contributed by atoms with Gasteiger partial charge in [0.25, 0.3) is 0 Å². The van der Waals surface area contributed by atoms with Gasteiger partial charge in [0.2, 0.25) is 0 Å². The van der Waals surface area contributed by atoms with Crippen LogP contribution in [-0.2, 0) is 16.4 Å². The fourth-order valence-electron chi connectivity index (χ4n) is 2.62. The van der Waals surface area contributed by atoms with Crippen molar-refractivity contribution in [1.29, 1.82) is 0 Å². The van der Waals surface area contributed by atoms with Crippen LogP contribution in [0, 0.1) is 12.7 Å². The molecule has 23 heavy (non-hydrogen) atoms. The van der Waals surface area contributed by atoms with Crippen LogP contribution in [0.25, 0.3) is 11.4 Å². The molecule has 0 bridgehead atoms. The molecule has 0 aliphatic carbocycles. The minimum Gasteiger partial charge on any atom is -0.399 e. The molecule has 0 amide bonds. The van der Waals surface area contributed by atoms with Crippen LogP contribution in [0.2, 0.25) is 0 Å². The van der Waals surface area contributed by atoms with Crippen LogP contribution >= 0.6 is 0 Å². The van der Waals surface area contributed by atoms with Gasteiger partial charge in [-0.05, 0) is 40.7 Å². The highest BCUT2D eigenvalue weighted by Gasteiger charge is 2.52. The predicted molar refractivity (Wildman–Crippen MR) is 86.9 cm³/mol. The second-order valence-electron chi connectivity index (χ2n) is 6.90. The number of aromatic nitrogens is 3. The van der Waals surface area contributed by atoms with Gasteiger partial charge in [-0.15, -0.1) is 0 Å². The van der Waals surface area contributed by atoms with E-state index >= 15 is 4.39 Å². The molecule has 5 nitrogen and oxygen atoms in total. The molecule has 1 fully saturated rings. The Bertz CT molecular complexity index is 742. The first-order valence-electron chi connectivity index (χ1n) is 7.64. The van der Waals surface area contributed by atoms with Gasteiger partial charge >= 0.3 is 7.12 Å². The molecule has 0 spiro atoms. The van der Waals surface area contributed by atoms with Gasteiger partial charge in [-0.25, -0.2) is 14.1 Å². The smallest absolute Gasteiger partial charge is 0.399 e. The Morgan fingerprint density at radius 2 is 1.74 bits per heavy atom. The highest BCUT2D eigenvalue weighted by molar-refractivity contribution is 6.62. The molecular formula is C16H21BFN3O2. The topological polar surface area (TPSA) is 49.2 Å². The van der Waals surface area contributed by atoms with Crippen molar-refractivity contribution in [2.75, 3.05) is 0 Å². The van der Waals surface area contributed by atoms with Gasteiger partial charge in [0.05, 0.1) is 16.8 Å². The van der Waals surface area contributed by atoms with Crippen LogP contribution in [0.5, 0.6) is 0 Å². The molecule has 0 saturated carbocycles. The van der Waals surface area contributed by atoms with Crippen LogP contribution in [0.4, 0.5) is 4.39 Å². The largest absolute Gasteiger partial charge is 0.497 e. The lowest BCUT2D eigenvalue weighted by molar-refractivity contribution is 0.00578. The maximum Gasteiger partial charge on any atom is 0.497 e. The van der Waals surface area contributed by atoms with Crippen molar-refractivity contribution >= 4 is 12.6 Å². The third kappa shape index (κ3) is 2.58. The van der Waals surface area contributed by atoms with Gasteiger partial charge in [-0.1, -0.05) is 12.1 Å². The van der Waals surface area contributed by atoms with Crippen LogP contribution in [0.15, 0.2) is 18.2 Å². The number of benzene rings is 1. The maximum atomic E-state index is 15.1. The number of rotatable bonds is 2. The summed E-state index contributed by atoms with van der Waals surface area (Å²) in [4.78, 5) is 4.30. The van der Waals surface area contributed by atoms with Crippen LogP contribution in [0.1, 0.15) is 33.5 Å². The summed E-state index contributed by atoms with van der Waals surface area (Å²) in [5.74, 6) is 0.697. The number of hydrogen-bond acceptors (Lipinski definition) is 4. The molecule has 1 aromatic carbocycles. The summed E-state index contributed by atoms with van der Waals surface area (Å²) in [6.45, 7) is 9.56. The van der Waals surface area contributed by atoms with Crippen molar-refractivity contribution < 1.29 is 13.7 Å². The van der Waals surface area contributed by atoms with Crippen molar-refractivity contribution in [3.05, 3.63) is 29.8 Å². The van der Waals surface area contributed by atoms with E-state index in [-0.39, 0.29) is 5.82 Å². The first-order chi connectivity index (χ1) is 10.6. The zero-order chi connectivity index (χ0) is 17.0. The lowest BCUT2D eigenvalue weighted by Crippen LogP contribution is -2.41. The van der Waals surface area contributed by atoms with E-state index in [1.54, 1.807) is 36.9 Å². The number of nitrogens with zero attached hydrogens (tertiary/aromatic N) is 3. The Morgan fingerprint density at radius 1 is 1.13 bits per heavy atom. The van der Waals surface area contributed by atoms with E-state index in [4.69, 9.17) is 9.31 Å². The first-order valence-corrected chi connectivity index (χ1v) is 7.64. The summed E-state index contributed by atoms with van der Waals surface area (Å²) in [6.07, 6.45) is 0. The molecule has 0 unspecified atom stereocenters. The van der Waals surface area contributed by atoms with Crippen LogP contribution < -0.4 is 5.46 Å². The monoisotopic (exact) mass is 317 g/mol. The van der Waals surface area contributed by atoms with E-state index in [2.05, 4.69) is 10.1 Å². The summed E-state index contributed by atoms with van der Waals surface area (Å²) in [7, 11) is 1.00. The quantitative estimate of drug-likeness (QED) is 0.797. The second kappa shape index (κ2) is 5.14.